The second-order valence-corrected chi connectivity index (χ2v) is 9.79. The molecule has 0 bridgehead atoms. The van der Waals surface area contributed by atoms with E-state index in [9.17, 15) is 15.0 Å². The quantitative estimate of drug-likeness (QED) is 0.139. The highest BCUT2D eigenvalue weighted by atomic mass is 16.6. The number of phenols is 1. The molecule has 7 heteroatoms. The van der Waals surface area contributed by atoms with Gasteiger partial charge in [0.2, 0.25) is 0 Å². The minimum Gasteiger partial charge on any atom is -0.507 e. The molecule has 7 nitrogen and oxygen atoms in total. The van der Waals surface area contributed by atoms with Gasteiger partial charge in [-0.25, -0.2) is 4.79 Å². The van der Waals surface area contributed by atoms with Crippen molar-refractivity contribution in [2.45, 2.75) is 65.2 Å². The van der Waals surface area contributed by atoms with E-state index in [0.29, 0.717) is 56.3 Å². The van der Waals surface area contributed by atoms with Gasteiger partial charge in [-0.15, -0.1) is 6.42 Å². The lowest BCUT2D eigenvalue weighted by Crippen LogP contribution is -2.20. The Morgan fingerprint density at radius 2 is 1.79 bits per heavy atom. The first-order chi connectivity index (χ1) is 18.3. The molecule has 2 N–H and O–H groups in total. The number of benzene rings is 1. The summed E-state index contributed by atoms with van der Waals surface area (Å²) in [4.78, 5) is 12.3. The normalized spacial score (nSPS) is 17.1. The Morgan fingerprint density at radius 3 is 2.39 bits per heavy atom. The third kappa shape index (κ3) is 9.50. The van der Waals surface area contributed by atoms with Crippen molar-refractivity contribution in [3.63, 3.8) is 0 Å². The van der Waals surface area contributed by atoms with Gasteiger partial charge in [0.25, 0.3) is 0 Å². The van der Waals surface area contributed by atoms with Gasteiger partial charge in [-0.3, -0.25) is 0 Å². The number of aromatic carboxylic acids is 1. The summed E-state index contributed by atoms with van der Waals surface area (Å²) in [5, 5.41) is 21.4. The summed E-state index contributed by atoms with van der Waals surface area (Å²) in [6.07, 6.45) is 12.5. The zero-order valence-corrected chi connectivity index (χ0v) is 23.2. The Morgan fingerprint density at radius 1 is 1.13 bits per heavy atom. The minimum absolute atomic E-state index is 0.0276. The van der Waals surface area contributed by atoms with Crippen LogP contribution in [0, 0.1) is 18.3 Å². The molecular weight excluding hydrogens is 484 g/mol. The van der Waals surface area contributed by atoms with Crippen molar-refractivity contribution in [1.29, 1.82) is 0 Å². The summed E-state index contributed by atoms with van der Waals surface area (Å²) >= 11 is 0. The maximum atomic E-state index is 12.3. The van der Waals surface area contributed by atoms with Gasteiger partial charge in [0.05, 0.1) is 33.0 Å². The number of carboxylic acid groups (broad SMARTS) is 1. The lowest BCUT2D eigenvalue weighted by atomic mass is 9.73. The topological polar surface area (TPSA) is 94.5 Å². The van der Waals surface area contributed by atoms with Crippen LogP contribution in [0.1, 0.15) is 80.3 Å². The van der Waals surface area contributed by atoms with E-state index in [0.717, 1.165) is 37.7 Å². The first kappa shape index (κ1) is 31.4. The SMILES string of the molecule is C#CCOCCOCCOCCOc1cc(CCCCC)c(C(=O)O)c(O)c1C1C=C(C)CCC1C(=C)C. The average Bonchev–Trinajstić information content (AvgIpc) is 2.87. The van der Waals surface area contributed by atoms with Crippen molar-refractivity contribution in [3.05, 3.63) is 46.6 Å². The van der Waals surface area contributed by atoms with Crippen LogP contribution in [0.25, 0.3) is 0 Å². The molecule has 2 rings (SSSR count). The molecule has 0 amide bonds. The van der Waals surface area contributed by atoms with Crippen molar-refractivity contribution in [2.24, 2.45) is 5.92 Å². The number of carboxylic acids is 1. The zero-order valence-electron chi connectivity index (χ0n) is 23.2. The third-order valence-corrected chi connectivity index (χ3v) is 6.78. The van der Waals surface area contributed by atoms with Crippen LogP contribution >= 0.6 is 0 Å². The average molecular weight is 529 g/mol. The minimum atomic E-state index is -1.13. The largest absolute Gasteiger partial charge is 0.507 e. The van der Waals surface area contributed by atoms with Gasteiger partial charge in [0.15, 0.2) is 0 Å². The number of aryl methyl sites for hydroxylation is 1. The van der Waals surface area contributed by atoms with Gasteiger partial charge < -0.3 is 29.2 Å². The van der Waals surface area contributed by atoms with E-state index in [4.69, 9.17) is 25.4 Å². The number of terminal acetylenes is 1. The molecular formula is C31H44O7. The van der Waals surface area contributed by atoms with Gasteiger partial charge >= 0.3 is 5.97 Å². The summed E-state index contributed by atoms with van der Waals surface area (Å²) in [6.45, 7) is 12.9. The lowest BCUT2D eigenvalue weighted by Gasteiger charge is -2.32. The summed E-state index contributed by atoms with van der Waals surface area (Å²) in [6, 6.07) is 1.81. The van der Waals surface area contributed by atoms with Crippen molar-refractivity contribution >= 4 is 5.97 Å². The van der Waals surface area contributed by atoms with E-state index >= 15 is 0 Å². The van der Waals surface area contributed by atoms with Crippen LogP contribution in [0.15, 0.2) is 29.9 Å². The molecule has 2 unspecified atom stereocenters. The number of hydrogen-bond acceptors (Lipinski definition) is 6. The third-order valence-electron chi connectivity index (χ3n) is 6.78. The van der Waals surface area contributed by atoms with Crippen LogP contribution in [-0.4, -0.2) is 62.4 Å². The maximum absolute atomic E-state index is 12.3. The van der Waals surface area contributed by atoms with Crippen molar-refractivity contribution in [2.75, 3.05) is 46.2 Å². The lowest BCUT2D eigenvalue weighted by molar-refractivity contribution is 0.0141. The molecule has 0 fully saturated rings. The zero-order chi connectivity index (χ0) is 27.9. The van der Waals surface area contributed by atoms with Crippen LogP contribution in [0.3, 0.4) is 0 Å². The summed E-state index contributed by atoms with van der Waals surface area (Å²) in [7, 11) is 0. The Balaban J connectivity index is 2.21. The van der Waals surface area contributed by atoms with Crippen LogP contribution in [0.5, 0.6) is 11.5 Å². The van der Waals surface area contributed by atoms with E-state index in [-0.39, 0.29) is 36.4 Å². The van der Waals surface area contributed by atoms with E-state index in [2.05, 4.69) is 32.4 Å². The number of rotatable bonds is 18. The highest BCUT2D eigenvalue weighted by Crippen LogP contribution is 2.48. The first-order valence-corrected chi connectivity index (χ1v) is 13.6. The fourth-order valence-electron chi connectivity index (χ4n) is 4.84. The van der Waals surface area contributed by atoms with Gasteiger partial charge in [-0.2, -0.15) is 0 Å². The molecule has 0 radical (unpaired) electrons. The fourth-order valence-corrected chi connectivity index (χ4v) is 4.84. The predicted octanol–water partition coefficient (Wildman–Crippen LogP) is 5.90. The molecule has 0 saturated carbocycles. The van der Waals surface area contributed by atoms with Gasteiger partial charge in [-0.05, 0) is 57.1 Å². The molecule has 1 aromatic carbocycles. The van der Waals surface area contributed by atoms with E-state index < -0.39 is 5.97 Å². The number of ether oxygens (including phenoxy) is 4. The van der Waals surface area contributed by atoms with Crippen LogP contribution in [0.2, 0.25) is 0 Å². The Bertz CT molecular complexity index is 989. The molecule has 210 valence electrons. The second-order valence-electron chi connectivity index (χ2n) is 9.79. The fraction of sp³-hybridized carbons (Fsp3) is 0.581. The predicted molar refractivity (Wildman–Crippen MR) is 149 cm³/mol. The number of aromatic hydroxyl groups is 1. The second kappa shape index (κ2) is 16.9. The number of allylic oxidation sites excluding steroid dienone is 3. The smallest absolute Gasteiger partial charge is 0.339 e. The molecule has 0 aliphatic heterocycles. The van der Waals surface area contributed by atoms with Crippen LogP contribution in [0.4, 0.5) is 0 Å². The Labute approximate surface area is 227 Å². The first-order valence-electron chi connectivity index (χ1n) is 13.6. The van der Waals surface area contributed by atoms with Crippen molar-refractivity contribution in [3.8, 4) is 23.8 Å². The Kier molecular flexibility index (Phi) is 14.0. The molecule has 1 aliphatic carbocycles. The standard InChI is InChI=1S/C31H44O7/c1-6-8-9-10-24-21-27(38-19-18-37-17-16-36-15-14-35-13-7-2)29(30(32)28(24)31(33)34)26-20-23(5)11-12-25(26)22(3)4/h2,20-21,25-26,32H,3,6,8-19H2,1,4-5H3,(H,33,34). The Hall–Kier alpha value is -2.79. The molecule has 0 heterocycles. The summed E-state index contributed by atoms with van der Waals surface area (Å²) in [5.74, 6) is 1.44. The van der Waals surface area contributed by atoms with E-state index in [1.54, 1.807) is 6.07 Å². The van der Waals surface area contributed by atoms with E-state index in [1.807, 2.05) is 6.92 Å². The van der Waals surface area contributed by atoms with Crippen molar-refractivity contribution < 1.29 is 34.0 Å². The summed E-state index contributed by atoms with van der Waals surface area (Å²) < 4.78 is 22.4. The maximum Gasteiger partial charge on any atom is 0.339 e. The van der Waals surface area contributed by atoms with Crippen molar-refractivity contribution in [1.82, 2.24) is 0 Å². The van der Waals surface area contributed by atoms with Gasteiger partial charge in [0, 0.05) is 11.5 Å². The highest BCUT2D eigenvalue weighted by Gasteiger charge is 2.33. The van der Waals surface area contributed by atoms with Gasteiger partial charge in [0.1, 0.15) is 30.3 Å². The molecule has 2 atom stereocenters. The molecule has 0 spiro atoms. The molecule has 38 heavy (non-hydrogen) atoms. The monoisotopic (exact) mass is 528 g/mol. The summed E-state index contributed by atoms with van der Waals surface area (Å²) in [5.41, 5.74) is 3.28. The molecule has 0 aromatic heterocycles. The number of unbranched alkanes of at least 4 members (excludes halogenated alkanes) is 2. The number of hydrogen-bond donors (Lipinski definition) is 2. The van der Waals surface area contributed by atoms with E-state index in [1.165, 1.54) is 5.57 Å². The number of carbonyl (C=O) groups is 1. The van der Waals surface area contributed by atoms with Crippen LogP contribution < -0.4 is 4.74 Å². The highest BCUT2D eigenvalue weighted by molar-refractivity contribution is 5.94. The van der Waals surface area contributed by atoms with Crippen LogP contribution in [-0.2, 0) is 20.6 Å². The molecule has 1 aromatic rings. The molecule has 1 aliphatic rings. The molecule has 0 saturated heterocycles. The van der Waals surface area contributed by atoms with Gasteiger partial charge in [-0.1, -0.05) is 49.5 Å².